The van der Waals surface area contributed by atoms with Crippen molar-refractivity contribution < 1.29 is 0 Å². The summed E-state index contributed by atoms with van der Waals surface area (Å²) in [6.45, 7) is 9.32. The van der Waals surface area contributed by atoms with Crippen molar-refractivity contribution in [2.24, 2.45) is 11.3 Å². The topological polar surface area (TPSA) is 0 Å². The van der Waals surface area contributed by atoms with Crippen molar-refractivity contribution in [3.8, 4) is 0 Å². The molecule has 1 atom stereocenters. The van der Waals surface area contributed by atoms with Crippen molar-refractivity contribution in [1.29, 1.82) is 0 Å². The van der Waals surface area contributed by atoms with Gasteiger partial charge in [-0.3, -0.25) is 0 Å². The van der Waals surface area contributed by atoms with E-state index in [0.29, 0.717) is 5.41 Å². The first kappa shape index (κ1) is 11.3. The molecule has 1 aromatic rings. The van der Waals surface area contributed by atoms with Crippen molar-refractivity contribution in [1.82, 2.24) is 0 Å². The Morgan fingerprint density at radius 3 is 2.14 bits per heavy atom. The first-order valence-electron chi connectivity index (χ1n) is 5.54. The maximum absolute atomic E-state index is 2.35. The molecule has 0 heteroatoms. The molecule has 0 N–H and O–H groups in total. The lowest BCUT2D eigenvalue weighted by Gasteiger charge is -2.27. The van der Waals surface area contributed by atoms with E-state index in [1.54, 1.807) is 0 Å². The lowest BCUT2D eigenvalue weighted by molar-refractivity contribution is 0.247. The molecular weight excluding hydrogens is 168 g/mol. The van der Waals surface area contributed by atoms with E-state index in [1.165, 1.54) is 18.4 Å². The maximum atomic E-state index is 2.35. The Kier molecular flexibility index (Phi) is 3.74. The second-order valence-electron chi connectivity index (χ2n) is 5.29. The van der Waals surface area contributed by atoms with Crippen molar-refractivity contribution in [2.45, 2.75) is 40.5 Å². The van der Waals surface area contributed by atoms with Crippen LogP contribution in [0.5, 0.6) is 0 Å². The normalized spacial score (nSPS) is 14.0. The second-order valence-corrected chi connectivity index (χ2v) is 5.29. The molecule has 0 aliphatic carbocycles. The molecular formula is C14H22. The maximum Gasteiger partial charge on any atom is -0.0276 e. The first-order valence-corrected chi connectivity index (χ1v) is 5.54. The van der Waals surface area contributed by atoms with Crippen LogP contribution in [0.15, 0.2) is 30.3 Å². The summed E-state index contributed by atoms with van der Waals surface area (Å²) in [7, 11) is 0. The molecule has 0 aromatic heterocycles. The van der Waals surface area contributed by atoms with Crippen LogP contribution >= 0.6 is 0 Å². The summed E-state index contributed by atoms with van der Waals surface area (Å²) in [5.74, 6) is 0.780. The minimum Gasteiger partial charge on any atom is -0.0622 e. The minimum atomic E-state index is 0.439. The fraction of sp³-hybridized carbons (Fsp3) is 0.571. The molecule has 1 aromatic carbocycles. The van der Waals surface area contributed by atoms with Crippen LogP contribution in [0.2, 0.25) is 0 Å². The van der Waals surface area contributed by atoms with Gasteiger partial charge in [-0.1, -0.05) is 58.0 Å². The van der Waals surface area contributed by atoms with Crippen LogP contribution in [-0.4, -0.2) is 0 Å². The SMILES string of the molecule is C[C@H](CCc1ccccc1)C(C)(C)C. The summed E-state index contributed by atoms with van der Waals surface area (Å²) in [5, 5.41) is 0. The third-order valence-corrected chi connectivity index (χ3v) is 3.19. The van der Waals surface area contributed by atoms with E-state index in [4.69, 9.17) is 0 Å². The zero-order chi connectivity index (χ0) is 10.6. The molecule has 1 rings (SSSR count). The van der Waals surface area contributed by atoms with E-state index >= 15 is 0 Å². The predicted octanol–water partition coefficient (Wildman–Crippen LogP) is 4.30. The van der Waals surface area contributed by atoms with Gasteiger partial charge in [0, 0.05) is 0 Å². The molecule has 78 valence electrons. The van der Waals surface area contributed by atoms with E-state index < -0.39 is 0 Å². The van der Waals surface area contributed by atoms with Crippen molar-refractivity contribution in [3.63, 3.8) is 0 Å². The highest BCUT2D eigenvalue weighted by Crippen LogP contribution is 2.28. The number of benzene rings is 1. The fourth-order valence-corrected chi connectivity index (χ4v) is 1.46. The smallest absolute Gasteiger partial charge is 0.0276 e. The molecule has 0 bridgehead atoms. The molecule has 0 saturated heterocycles. The van der Waals surface area contributed by atoms with E-state index in [-0.39, 0.29) is 0 Å². The molecule has 0 fully saturated rings. The highest BCUT2D eigenvalue weighted by molar-refractivity contribution is 5.14. The Bertz CT molecular complexity index is 253. The van der Waals surface area contributed by atoms with Crippen LogP contribution in [0.3, 0.4) is 0 Å². The van der Waals surface area contributed by atoms with E-state index in [1.807, 2.05) is 0 Å². The molecule has 0 spiro atoms. The van der Waals surface area contributed by atoms with E-state index in [2.05, 4.69) is 58.0 Å². The molecule has 0 nitrogen and oxygen atoms in total. The van der Waals surface area contributed by atoms with Gasteiger partial charge in [0.25, 0.3) is 0 Å². The second kappa shape index (κ2) is 4.63. The van der Waals surface area contributed by atoms with Gasteiger partial charge in [0.15, 0.2) is 0 Å². The van der Waals surface area contributed by atoms with Crippen LogP contribution in [0.1, 0.15) is 39.7 Å². The van der Waals surface area contributed by atoms with E-state index in [9.17, 15) is 0 Å². The van der Waals surface area contributed by atoms with Gasteiger partial charge in [0.2, 0.25) is 0 Å². The van der Waals surface area contributed by atoms with Crippen LogP contribution in [-0.2, 0) is 6.42 Å². The summed E-state index contributed by atoms with van der Waals surface area (Å²) < 4.78 is 0. The zero-order valence-corrected chi connectivity index (χ0v) is 9.88. The molecule has 0 saturated carbocycles. The molecule has 0 aliphatic rings. The quantitative estimate of drug-likeness (QED) is 0.666. The summed E-state index contributed by atoms with van der Waals surface area (Å²) in [6, 6.07) is 10.8. The van der Waals surface area contributed by atoms with Crippen LogP contribution < -0.4 is 0 Å². The Morgan fingerprint density at radius 1 is 1.07 bits per heavy atom. The van der Waals surface area contributed by atoms with Gasteiger partial charge in [0.05, 0.1) is 0 Å². The molecule has 0 unspecified atom stereocenters. The number of rotatable bonds is 3. The van der Waals surface area contributed by atoms with Gasteiger partial charge in [-0.2, -0.15) is 0 Å². The Balaban J connectivity index is 2.42. The van der Waals surface area contributed by atoms with Crippen molar-refractivity contribution >= 4 is 0 Å². The molecule has 0 radical (unpaired) electrons. The van der Waals surface area contributed by atoms with E-state index in [0.717, 1.165) is 5.92 Å². The highest BCUT2D eigenvalue weighted by Gasteiger charge is 2.19. The van der Waals surface area contributed by atoms with Gasteiger partial charge in [-0.05, 0) is 29.7 Å². The Hall–Kier alpha value is -0.780. The summed E-state index contributed by atoms with van der Waals surface area (Å²) in [4.78, 5) is 0. The minimum absolute atomic E-state index is 0.439. The largest absolute Gasteiger partial charge is 0.0622 e. The number of aryl methyl sites for hydroxylation is 1. The van der Waals surface area contributed by atoms with Gasteiger partial charge in [-0.15, -0.1) is 0 Å². The van der Waals surface area contributed by atoms with Crippen molar-refractivity contribution in [3.05, 3.63) is 35.9 Å². The number of hydrogen-bond acceptors (Lipinski definition) is 0. The molecule has 14 heavy (non-hydrogen) atoms. The highest BCUT2D eigenvalue weighted by atomic mass is 14.2. The Labute approximate surface area is 88.4 Å². The monoisotopic (exact) mass is 190 g/mol. The van der Waals surface area contributed by atoms with Crippen LogP contribution in [0, 0.1) is 11.3 Å². The Morgan fingerprint density at radius 2 is 1.64 bits per heavy atom. The van der Waals surface area contributed by atoms with Gasteiger partial charge < -0.3 is 0 Å². The first-order chi connectivity index (χ1) is 6.50. The third-order valence-electron chi connectivity index (χ3n) is 3.19. The van der Waals surface area contributed by atoms with Crippen molar-refractivity contribution in [2.75, 3.05) is 0 Å². The standard InChI is InChI=1S/C14H22/c1-12(14(2,3)4)10-11-13-8-6-5-7-9-13/h5-9,12H,10-11H2,1-4H3/t12-/m1/s1. The predicted molar refractivity (Wildman–Crippen MR) is 63.4 cm³/mol. The molecule has 0 aliphatic heterocycles. The van der Waals surface area contributed by atoms with Gasteiger partial charge >= 0.3 is 0 Å². The lowest BCUT2D eigenvalue weighted by atomic mass is 9.79. The lowest BCUT2D eigenvalue weighted by Crippen LogP contribution is -2.17. The summed E-state index contributed by atoms with van der Waals surface area (Å²) in [5.41, 5.74) is 1.90. The number of hydrogen-bond donors (Lipinski definition) is 0. The average Bonchev–Trinajstić information content (AvgIpc) is 2.14. The molecule has 0 amide bonds. The zero-order valence-electron chi connectivity index (χ0n) is 9.88. The van der Waals surface area contributed by atoms with Gasteiger partial charge in [0.1, 0.15) is 0 Å². The van der Waals surface area contributed by atoms with Crippen LogP contribution in [0.4, 0.5) is 0 Å². The molecule has 0 heterocycles. The summed E-state index contributed by atoms with van der Waals surface area (Å²) >= 11 is 0. The van der Waals surface area contributed by atoms with Crippen LogP contribution in [0.25, 0.3) is 0 Å². The fourth-order valence-electron chi connectivity index (χ4n) is 1.46. The third kappa shape index (κ3) is 3.53. The summed E-state index contributed by atoms with van der Waals surface area (Å²) in [6.07, 6.45) is 2.49. The van der Waals surface area contributed by atoms with Gasteiger partial charge in [-0.25, -0.2) is 0 Å². The average molecular weight is 190 g/mol.